The van der Waals surface area contributed by atoms with E-state index in [0.29, 0.717) is 5.92 Å². The molecule has 0 aromatic heterocycles. The van der Waals surface area contributed by atoms with Crippen molar-refractivity contribution in [3.05, 3.63) is 34.1 Å². The van der Waals surface area contributed by atoms with Gasteiger partial charge in [0.15, 0.2) is 0 Å². The molecule has 0 spiro atoms. The van der Waals surface area contributed by atoms with Crippen LogP contribution in [0.25, 0.3) is 0 Å². The van der Waals surface area contributed by atoms with Crippen LogP contribution in [0.1, 0.15) is 25.8 Å². The Balaban J connectivity index is 2.95. The van der Waals surface area contributed by atoms with Gasteiger partial charge in [0.2, 0.25) is 0 Å². The Labute approximate surface area is 134 Å². The number of benzene rings is 1. The first-order valence-corrected chi connectivity index (χ1v) is 9.01. The van der Waals surface area contributed by atoms with Crippen molar-refractivity contribution >= 4 is 47.8 Å². The van der Waals surface area contributed by atoms with Crippen LogP contribution in [0.3, 0.4) is 0 Å². The van der Waals surface area contributed by atoms with Crippen LogP contribution >= 0.6 is 47.8 Å². The highest BCUT2D eigenvalue weighted by Crippen LogP contribution is 2.35. The van der Waals surface area contributed by atoms with Crippen LogP contribution in [0.4, 0.5) is 4.39 Å². The third kappa shape index (κ3) is 4.93. The minimum Gasteiger partial charge on any atom is -0.207 e. The summed E-state index contributed by atoms with van der Waals surface area (Å²) in [6, 6.07) is 5.13. The van der Waals surface area contributed by atoms with E-state index in [-0.39, 0.29) is 11.2 Å². The molecule has 0 radical (unpaired) electrons. The molecule has 102 valence electrons. The lowest BCUT2D eigenvalue weighted by Gasteiger charge is -2.32. The maximum Gasteiger partial charge on any atom is 0.124 e. The Hall–Kier alpha value is 0.590. The second kappa shape index (κ2) is 7.39. The molecule has 1 aromatic rings. The van der Waals surface area contributed by atoms with Gasteiger partial charge < -0.3 is 0 Å². The highest BCUT2D eigenvalue weighted by molar-refractivity contribution is 9.10. The highest BCUT2D eigenvalue weighted by atomic mass is 79.9. The smallest absolute Gasteiger partial charge is 0.124 e. The van der Waals surface area contributed by atoms with Gasteiger partial charge >= 0.3 is 0 Å². The molecule has 0 saturated carbocycles. The third-order valence-corrected chi connectivity index (χ3v) is 5.75. The van der Waals surface area contributed by atoms with Crippen LogP contribution in [-0.2, 0) is 6.42 Å². The predicted octanol–water partition coefficient (Wildman–Crippen LogP) is 5.95. The van der Waals surface area contributed by atoms with Gasteiger partial charge in [-0.25, -0.2) is 4.39 Å². The van der Waals surface area contributed by atoms with Crippen molar-refractivity contribution in [2.24, 2.45) is 11.3 Å². The van der Waals surface area contributed by atoms with E-state index >= 15 is 0 Å². The molecular weight excluding hydrogens is 427 g/mol. The van der Waals surface area contributed by atoms with Crippen molar-refractivity contribution in [3.8, 4) is 0 Å². The molecule has 0 aliphatic heterocycles. The number of hydrogen-bond acceptors (Lipinski definition) is 0. The second-order valence-electron chi connectivity index (χ2n) is 5.32. The van der Waals surface area contributed by atoms with E-state index in [1.807, 2.05) is 6.07 Å². The van der Waals surface area contributed by atoms with Crippen molar-refractivity contribution in [2.75, 3.05) is 10.7 Å². The first-order valence-electron chi connectivity index (χ1n) is 5.98. The zero-order valence-corrected chi connectivity index (χ0v) is 15.4. The Kier molecular flexibility index (Phi) is 6.84. The topological polar surface area (TPSA) is 0 Å². The average molecular weight is 445 g/mol. The van der Waals surface area contributed by atoms with E-state index in [2.05, 4.69) is 61.6 Å². The van der Waals surface area contributed by atoms with Crippen LogP contribution in [0.5, 0.6) is 0 Å². The Morgan fingerprint density at radius 2 is 1.78 bits per heavy atom. The molecule has 0 saturated heterocycles. The molecule has 1 rings (SSSR count). The van der Waals surface area contributed by atoms with Crippen LogP contribution in [0, 0.1) is 17.2 Å². The van der Waals surface area contributed by atoms with Crippen LogP contribution < -0.4 is 0 Å². The Bertz CT molecular complexity index is 366. The van der Waals surface area contributed by atoms with Gasteiger partial charge in [-0.05, 0) is 47.9 Å². The summed E-state index contributed by atoms with van der Waals surface area (Å²) < 4.78 is 14.2. The second-order valence-corrected chi connectivity index (χ2v) is 7.36. The van der Waals surface area contributed by atoms with Gasteiger partial charge in [-0.2, -0.15) is 0 Å². The molecule has 0 heterocycles. The van der Waals surface area contributed by atoms with E-state index in [9.17, 15) is 4.39 Å². The van der Waals surface area contributed by atoms with Crippen molar-refractivity contribution in [2.45, 2.75) is 26.7 Å². The number of hydrogen-bond donors (Lipinski definition) is 0. The lowest BCUT2D eigenvalue weighted by atomic mass is 9.79. The lowest BCUT2D eigenvalue weighted by Crippen LogP contribution is -2.29. The third-order valence-electron chi connectivity index (χ3n) is 2.91. The van der Waals surface area contributed by atoms with Gasteiger partial charge in [-0.15, -0.1) is 0 Å². The van der Waals surface area contributed by atoms with Crippen LogP contribution in [0.2, 0.25) is 0 Å². The van der Waals surface area contributed by atoms with E-state index in [1.54, 1.807) is 6.07 Å². The molecule has 0 aliphatic carbocycles. The molecule has 0 N–H and O–H groups in total. The fourth-order valence-electron chi connectivity index (χ4n) is 2.32. The summed E-state index contributed by atoms with van der Waals surface area (Å²) >= 11 is 10.6. The van der Waals surface area contributed by atoms with E-state index in [0.717, 1.165) is 33.5 Å². The average Bonchev–Trinajstić information content (AvgIpc) is 2.26. The first kappa shape index (κ1) is 16.6. The normalized spacial score (nSPS) is 12.2. The Morgan fingerprint density at radius 1 is 1.17 bits per heavy atom. The predicted molar refractivity (Wildman–Crippen MR) is 87.3 cm³/mol. The largest absolute Gasteiger partial charge is 0.207 e. The zero-order valence-electron chi connectivity index (χ0n) is 10.6. The highest BCUT2D eigenvalue weighted by Gasteiger charge is 2.29. The van der Waals surface area contributed by atoms with Crippen LogP contribution in [0.15, 0.2) is 22.7 Å². The van der Waals surface area contributed by atoms with Gasteiger partial charge in [0, 0.05) is 15.1 Å². The fraction of sp³-hybridized carbons (Fsp3) is 0.571. The van der Waals surface area contributed by atoms with Crippen molar-refractivity contribution in [3.63, 3.8) is 0 Å². The summed E-state index contributed by atoms with van der Waals surface area (Å²) in [5.41, 5.74) is 1.18. The first-order chi connectivity index (χ1) is 8.40. The maximum absolute atomic E-state index is 13.4. The zero-order chi connectivity index (χ0) is 13.8. The van der Waals surface area contributed by atoms with Crippen molar-refractivity contribution < 1.29 is 4.39 Å². The maximum atomic E-state index is 13.4. The van der Waals surface area contributed by atoms with E-state index < -0.39 is 0 Å². The van der Waals surface area contributed by atoms with Gasteiger partial charge in [-0.3, -0.25) is 0 Å². The molecule has 4 heteroatoms. The van der Waals surface area contributed by atoms with E-state index in [1.165, 1.54) is 6.07 Å². The molecule has 0 aliphatic rings. The molecule has 0 amide bonds. The van der Waals surface area contributed by atoms with Gasteiger partial charge in [0.1, 0.15) is 5.82 Å². The summed E-state index contributed by atoms with van der Waals surface area (Å²) in [4.78, 5) is 0. The molecule has 0 bridgehead atoms. The van der Waals surface area contributed by atoms with Crippen molar-refractivity contribution in [1.82, 2.24) is 0 Å². The summed E-state index contributed by atoms with van der Waals surface area (Å²) in [6.45, 7) is 4.45. The van der Waals surface area contributed by atoms with Gasteiger partial charge in [0.25, 0.3) is 0 Å². The van der Waals surface area contributed by atoms with Crippen LogP contribution in [-0.4, -0.2) is 10.7 Å². The number of rotatable bonds is 6. The van der Waals surface area contributed by atoms with Gasteiger partial charge in [0.05, 0.1) is 0 Å². The number of halogens is 4. The molecule has 0 unspecified atom stereocenters. The summed E-state index contributed by atoms with van der Waals surface area (Å²) in [5.74, 6) is 0.444. The summed E-state index contributed by atoms with van der Waals surface area (Å²) in [7, 11) is 0. The van der Waals surface area contributed by atoms with Gasteiger partial charge in [-0.1, -0.05) is 61.6 Å². The summed E-state index contributed by atoms with van der Waals surface area (Å²) in [6.07, 6.45) is 1.98. The molecule has 1 aromatic carbocycles. The quantitative estimate of drug-likeness (QED) is 0.475. The monoisotopic (exact) mass is 442 g/mol. The minimum atomic E-state index is -0.179. The summed E-state index contributed by atoms with van der Waals surface area (Å²) in [5, 5.41) is 1.83. The molecule has 18 heavy (non-hydrogen) atoms. The Morgan fingerprint density at radius 3 is 2.22 bits per heavy atom. The lowest BCUT2D eigenvalue weighted by molar-refractivity contribution is 0.304. The van der Waals surface area contributed by atoms with E-state index in [4.69, 9.17) is 0 Å². The molecule has 0 atom stereocenters. The minimum absolute atomic E-state index is 0.140. The molecule has 0 nitrogen and oxygen atoms in total. The number of alkyl halides is 2. The molecule has 0 fully saturated rings. The SMILES string of the molecule is CC(C)CC(CBr)(CBr)Cc1cc(F)cc(Br)c1. The van der Waals surface area contributed by atoms with Crippen molar-refractivity contribution in [1.29, 1.82) is 0 Å². The standard InChI is InChI=1S/C14H18Br3F/c1-10(2)6-14(8-15,9-16)7-11-3-12(17)5-13(18)4-11/h3-5,10H,6-9H2,1-2H3. The fourth-order valence-corrected chi connectivity index (χ4v) is 4.62. The molecular formula is C14H18Br3F.